The molecule has 1 saturated heterocycles. The summed E-state index contributed by atoms with van der Waals surface area (Å²) in [5, 5.41) is 5.95. The number of benzene rings is 2. The van der Waals surface area contributed by atoms with Crippen molar-refractivity contribution in [2.24, 2.45) is 0 Å². The highest BCUT2D eigenvalue weighted by Gasteiger charge is 2.23. The molecular formula is C23H25N3O2S. The van der Waals surface area contributed by atoms with Crippen molar-refractivity contribution in [3.8, 4) is 0 Å². The van der Waals surface area contributed by atoms with Crippen LogP contribution in [0.4, 0.5) is 0 Å². The lowest BCUT2D eigenvalue weighted by Gasteiger charge is -2.33. The van der Waals surface area contributed by atoms with Crippen LogP contribution in [0.25, 0.3) is 0 Å². The lowest BCUT2D eigenvalue weighted by Crippen LogP contribution is -2.38. The van der Waals surface area contributed by atoms with Gasteiger partial charge in [0.15, 0.2) is 0 Å². The second-order valence-electron chi connectivity index (χ2n) is 7.23. The van der Waals surface area contributed by atoms with Crippen molar-refractivity contribution >= 4 is 17.2 Å². The van der Waals surface area contributed by atoms with Crippen molar-refractivity contribution in [3.05, 3.63) is 87.4 Å². The van der Waals surface area contributed by atoms with E-state index in [4.69, 9.17) is 9.72 Å². The molecule has 6 heteroatoms. The van der Waals surface area contributed by atoms with E-state index in [0.717, 1.165) is 36.9 Å². The molecule has 1 aliphatic heterocycles. The quantitative estimate of drug-likeness (QED) is 0.672. The van der Waals surface area contributed by atoms with Gasteiger partial charge in [-0.15, -0.1) is 11.3 Å². The number of carbonyl (C=O) groups is 1. The summed E-state index contributed by atoms with van der Waals surface area (Å²) in [5.41, 5.74) is 4.24. The SMILES string of the molecule is Cc1ccccc1C1CN(Cc2csc(CNC(=O)c3ccccc3)n2)CCO1. The van der Waals surface area contributed by atoms with Crippen LogP contribution in [0.15, 0.2) is 60.0 Å². The van der Waals surface area contributed by atoms with Crippen molar-refractivity contribution in [2.75, 3.05) is 19.7 Å². The van der Waals surface area contributed by atoms with E-state index < -0.39 is 0 Å². The van der Waals surface area contributed by atoms with Crippen LogP contribution in [0, 0.1) is 6.92 Å². The second kappa shape index (κ2) is 9.31. The van der Waals surface area contributed by atoms with Crippen molar-refractivity contribution in [3.63, 3.8) is 0 Å². The third kappa shape index (κ3) is 5.09. The topological polar surface area (TPSA) is 54.5 Å². The molecule has 29 heavy (non-hydrogen) atoms. The fourth-order valence-electron chi connectivity index (χ4n) is 3.56. The summed E-state index contributed by atoms with van der Waals surface area (Å²) in [6.45, 7) is 5.88. The van der Waals surface area contributed by atoms with Crippen LogP contribution >= 0.6 is 11.3 Å². The lowest BCUT2D eigenvalue weighted by atomic mass is 10.0. The van der Waals surface area contributed by atoms with E-state index in [1.807, 2.05) is 30.3 Å². The molecule has 1 aliphatic rings. The minimum absolute atomic E-state index is 0.0726. The van der Waals surface area contributed by atoms with Crippen LogP contribution in [0.5, 0.6) is 0 Å². The van der Waals surface area contributed by atoms with Crippen molar-refractivity contribution < 1.29 is 9.53 Å². The monoisotopic (exact) mass is 407 g/mol. The maximum absolute atomic E-state index is 12.2. The number of carbonyl (C=O) groups excluding carboxylic acids is 1. The molecule has 0 saturated carbocycles. The predicted molar refractivity (Wildman–Crippen MR) is 115 cm³/mol. The van der Waals surface area contributed by atoms with Crippen molar-refractivity contribution in [2.45, 2.75) is 26.1 Å². The molecule has 1 atom stereocenters. The first-order valence-corrected chi connectivity index (χ1v) is 10.7. The minimum Gasteiger partial charge on any atom is -0.371 e. The maximum Gasteiger partial charge on any atom is 0.251 e. The van der Waals surface area contributed by atoms with Gasteiger partial charge in [0.05, 0.1) is 24.9 Å². The highest BCUT2D eigenvalue weighted by molar-refractivity contribution is 7.09. The van der Waals surface area contributed by atoms with Gasteiger partial charge in [0.1, 0.15) is 5.01 Å². The van der Waals surface area contributed by atoms with Gasteiger partial charge in [0.2, 0.25) is 0 Å². The Labute approximate surface area is 175 Å². The molecular weight excluding hydrogens is 382 g/mol. The second-order valence-corrected chi connectivity index (χ2v) is 8.18. The summed E-state index contributed by atoms with van der Waals surface area (Å²) in [5.74, 6) is -0.0726. The van der Waals surface area contributed by atoms with Crippen molar-refractivity contribution in [1.82, 2.24) is 15.2 Å². The average molecular weight is 408 g/mol. The van der Waals surface area contributed by atoms with E-state index in [0.29, 0.717) is 12.1 Å². The van der Waals surface area contributed by atoms with Gasteiger partial charge in [-0.2, -0.15) is 0 Å². The third-order valence-corrected chi connectivity index (χ3v) is 6.00. The number of hydrogen-bond acceptors (Lipinski definition) is 5. The zero-order chi connectivity index (χ0) is 20.1. The van der Waals surface area contributed by atoms with E-state index in [-0.39, 0.29) is 12.0 Å². The molecule has 2 aromatic carbocycles. The Hall–Kier alpha value is -2.54. The number of rotatable bonds is 6. The van der Waals surface area contributed by atoms with E-state index in [1.165, 1.54) is 11.1 Å². The smallest absolute Gasteiger partial charge is 0.251 e. The highest BCUT2D eigenvalue weighted by atomic mass is 32.1. The normalized spacial score (nSPS) is 17.2. The van der Waals surface area contributed by atoms with Gasteiger partial charge in [0, 0.05) is 30.6 Å². The number of aryl methyl sites for hydroxylation is 1. The molecule has 0 spiro atoms. The standard InChI is InChI=1S/C23H25N3O2S/c1-17-7-5-6-10-20(17)21-15-26(11-12-28-21)14-19-16-29-22(25-19)13-24-23(27)18-8-3-2-4-9-18/h2-10,16,21H,11-15H2,1H3,(H,24,27). The number of aromatic nitrogens is 1. The molecule has 3 aromatic rings. The van der Waals surface area contributed by atoms with Crippen LogP contribution in [-0.4, -0.2) is 35.5 Å². The summed E-state index contributed by atoms with van der Waals surface area (Å²) in [6.07, 6.45) is 0.105. The zero-order valence-electron chi connectivity index (χ0n) is 16.5. The number of nitrogens with one attached hydrogen (secondary N) is 1. The molecule has 1 N–H and O–H groups in total. The predicted octanol–water partition coefficient (Wildman–Crippen LogP) is 3.96. The van der Waals surface area contributed by atoms with Crippen LogP contribution < -0.4 is 5.32 Å². The minimum atomic E-state index is -0.0726. The molecule has 1 unspecified atom stereocenters. The lowest BCUT2D eigenvalue weighted by molar-refractivity contribution is -0.0335. The van der Waals surface area contributed by atoms with Gasteiger partial charge >= 0.3 is 0 Å². The number of amides is 1. The Morgan fingerprint density at radius 3 is 2.83 bits per heavy atom. The van der Waals surface area contributed by atoms with Gasteiger partial charge in [0.25, 0.3) is 5.91 Å². The Morgan fingerprint density at radius 1 is 1.21 bits per heavy atom. The van der Waals surface area contributed by atoms with Crippen LogP contribution in [-0.2, 0) is 17.8 Å². The number of thiazole rings is 1. The van der Waals surface area contributed by atoms with Crippen LogP contribution in [0.1, 0.15) is 38.3 Å². The number of ether oxygens (including phenoxy) is 1. The Kier molecular flexibility index (Phi) is 6.34. The molecule has 0 bridgehead atoms. The fourth-order valence-corrected chi connectivity index (χ4v) is 4.29. The first-order valence-electron chi connectivity index (χ1n) is 9.85. The summed E-state index contributed by atoms with van der Waals surface area (Å²) < 4.78 is 6.02. The van der Waals surface area contributed by atoms with E-state index in [1.54, 1.807) is 11.3 Å². The Morgan fingerprint density at radius 2 is 2.00 bits per heavy atom. The summed E-state index contributed by atoms with van der Waals surface area (Å²) in [4.78, 5) is 19.3. The van der Waals surface area contributed by atoms with Gasteiger partial charge in [-0.3, -0.25) is 9.69 Å². The summed E-state index contributed by atoms with van der Waals surface area (Å²) in [6, 6.07) is 17.7. The molecule has 150 valence electrons. The largest absolute Gasteiger partial charge is 0.371 e. The number of morpholine rings is 1. The molecule has 0 aliphatic carbocycles. The van der Waals surface area contributed by atoms with Crippen LogP contribution in [0.2, 0.25) is 0 Å². The van der Waals surface area contributed by atoms with Gasteiger partial charge in [-0.05, 0) is 30.2 Å². The molecule has 0 radical (unpaired) electrons. The zero-order valence-corrected chi connectivity index (χ0v) is 17.3. The van der Waals surface area contributed by atoms with Crippen LogP contribution in [0.3, 0.4) is 0 Å². The van der Waals surface area contributed by atoms with Gasteiger partial charge in [-0.25, -0.2) is 4.98 Å². The van der Waals surface area contributed by atoms with E-state index >= 15 is 0 Å². The molecule has 4 rings (SSSR count). The number of hydrogen-bond donors (Lipinski definition) is 1. The van der Waals surface area contributed by atoms with Gasteiger partial charge < -0.3 is 10.1 Å². The van der Waals surface area contributed by atoms with E-state index in [2.05, 4.69) is 46.8 Å². The Bertz CT molecular complexity index is 958. The molecule has 5 nitrogen and oxygen atoms in total. The third-order valence-electron chi connectivity index (χ3n) is 5.11. The van der Waals surface area contributed by atoms with Gasteiger partial charge in [-0.1, -0.05) is 42.5 Å². The average Bonchev–Trinajstić information content (AvgIpc) is 3.20. The summed E-state index contributed by atoms with van der Waals surface area (Å²) >= 11 is 1.59. The highest BCUT2D eigenvalue weighted by Crippen LogP contribution is 2.26. The first-order chi connectivity index (χ1) is 14.2. The maximum atomic E-state index is 12.2. The van der Waals surface area contributed by atoms with Crippen molar-refractivity contribution in [1.29, 1.82) is 0 Å². The fraction of sp³-hybridized carbons (Fsp3) is 0.304. The summed E-state index contributed by atoms with van der Waals surface area (Å²) in [7, 11) is 0. The molecule has 1 amide bonds. The van der Waals surface area contributed by atoms with E-state index in [9.17, 15) is 4.79 Å². The molecule has 1 aromatic heterocycles. The first kappa shape index (κ1) is 19.8. The Balaban J connectivity index is 1.32. The number of nitrogens with zero attached hydrogens (tertiary/aromatic N) is 2. The molecule has 1 fully saturated rings. The molecule has 2 heterocycles.